The second-order valence-corrected chi connectivity index (χ2v) is 7.60. The molecule has 126 valence electrons. The molecule has 2 aromatic rings. The molecule has 24 heavy (non-hydrogen) atoms. The first-order chi connectivity index (χ1) is 11.8. The molecule has 0 spiro atoms. The Labute approximate surface area is 145 Å². The van der Waals surface area contributed by atoms with Gasteiger partial charge in [0.1, 0.15) is 5.75 Å². The zero-order valence-electron chi connectivity index (χ0n) is 14.3. The Morgan fingerprint density at radius 1 is 1.04 bits per heavy atom. The standard InChI is InChI=1S/C22H27NO/c24-21-9-4-8-19(16-21)22-12-5-14-23(20(17-22)10-13-22)15-11-18-6-2-1-3-7-18/h1-4,6-9,16,20,24H,5,10-15,17H2. The average Bonchev–Trinajstić information content (AvgIpc) is 2.94. The number of aromatic hydroxyl groups is 1. The second kappa shape index (κ2) is 6.60. The first-order valence-corrected chi connectivity index (χ1v) is 9.33. The van der Waals surface area contributed by atoms with Crippen LogP contribution in [0.15, 0.2) is 54.6 Å². The molecule has 2 atom stereocenters. The fraction of sp³-hybridized carbons (Fsp3) is 0.455. The van der Waals surface area contributed by atoms with E-state index in [1.165, 1.54) is 56.3 Å². The van der Waals surface area contributed by atoms with Crippen LogP contribution in [0.2, 0.25) is 0 Å². The van der Waals surface area contributed by atoms with Crippen molar-refractivity contribution in [3.63, 3.8) is 0 Å². The Morgan fingerprint density at radius 3 is 2.75 bits per heavy atom. The van der Waals surface area contributed by atoms with E-state index in [9.17, 15) is 5.11 Å². The van der Waals surface area contributed by atoms with E-state index in [1.807, 2.05) is 12.1 Å². The van der Waals surface area contributed by atoms with Gasteiger partial charge in [0.2, 0.25) is 0 Å². The van der Waals surface area contributed by atoms with E-state index in [-0.39, 0.29) is 0 Å². The largest absolute Gasteiger partial charge is 0.508 e. The van der Waals surface area contributed by atoms with Crippen molar-refractivity contribution in [3.8, 4) is 5.75 Å². The molecule has 1 aliphatic heterocycles. The van der Waals surface area contributed by atoms with Gasteiger partial charge in [-0.2, -0.15) is 0 Å². The molecular formula is C22H27NO. The van der Waals surface area contributed by atoms with Gasteiger partial charge < -0.3 is 10.0 Å². The molecular weight excluding hydrogens is 294 g/mol. The minimum Gasteiger partial charge on any atom is -0.508 e. The van der Waals surface area contributed by atoms with Crippen LogP contribution >= 0.6 is 0 Å². The molecule has 4 rings (SSSR count). The molecule has 1 N–H and O–H groups in total. The number of likely N-dealkylation sites (tertiary alicyclic amines) is 1. The zero-order valence-corrected chi connectivity index (χ0v) is 14.3. The monoisotopic (exact) mass is 321 g/mol. The topological polar surface area (TPSA) is 23.5 Å². The van der Waals surface area contributed by atoms with Gasteiger partial charge in [-0.05, 0) is 73.7 Å². The van der Waals surface area contributed by atoms with Crippen molar-refractivity contribution in [3.05, 3.63) is 65.7 Å². The first kappa shape index (κ1) is 15.7. The van der Waals surface area contributed by atoms with Crippen molar-refractivity contribution in [1.29, 1.82) is 0 Å². The highest BCUT2D eigenvalue weighted by molar-refractivity contribution is 5.34. The number of hydrogen-bond acceptors (Lipinski definition) is 2. The number of hydrogen-bond donors (Lipinski definition) is 1. The highest BCUT2D eigenvalue weighted by Gasteiger charge is 2.44. The normalized spacial score (nSPS) is 27.1. The minimum absolute atomic E-state index is 0.297. The summed E-state index contributed by atoms with van der Waals surface area (Å²) in [7, 11) is 0. The fourth-order valence-electron chi connectivity index (χ4n) is 4.89. The maximum Gasteiger partial charge on any atom is 0.115 e. The zero-order chi connectivity index (χ0) is 16.4. The summed E-state index contributed by atoms with van der Waals surface area (Å²) in [5.41, 5.74) is 3.10. The molecule has 0 amide bonds. The molecule has 2 fully saturated rings. The second-order valence-electron chi connectivity index (χ2n) is 7.60. The highest BCUT2D eigenvalue weighted by Crippen LogP contribution is 2.48. The third kappa shape index (κ3) is 3.08. The van der Waals surface area contributed by atoms with Crippen molar-refractivity contribution in [2.24, 2.45) is 0 Å². The maximum atomic E-state index is 9.89. The van der Waals surface area contributed by atoms with Crippen LogP contribution in [0.1, 0.15) is 43.2 Å². The predicted molar refractivity (Wildman–Crippen MR) is 98.4 cm³/mol. The van der Waals surface area contributed by atoms with Crippen LogP contribution in [0.4, 0.5) is 0 Å². The van der Waals surface area contributed by atoms with Crippen molar-refractivity contribution < 1.29 is 5.11 Å². The summed E-state index contributed by atoms with van der Waals surface area (Å²) < 4.78 is 0. The minimum atomic E-state index is 0.297. The molecule has 2 aliphatic rings. The Morgan fingerprint density at radius 2 is 1.92 bits per heavy atom. The number of nitrogens with zero attached hydrogens (tertiary/aromatic N) is 1. The third-order valence-corrected chi connectivity index (χ3v) is 6.19. The molecule has 2 heteroatoms. The number of phenols is 1. The summed E-state index contributed by atoms with van der Waals surface area (Å²) >= 11 is 0. The van der Waals surface area contributed by atoms with Crippen molar-refractivity contribution in [1.82, 2.24) is 4.90 Å². The van der Waals surface area contributed by atoms with Crippen molar-refractivity contribution in [2.75, 3.05) is 13.1 Å². The molecule has 2 bridgehead atoms. The van der Waals surface area contributed by atoms with Gasteiger partial charge in [-0.3, -0.25) is 0 Å². The van der Waals surface area contributed by atoms with Gasteiger partial charge in [0, 0.05) is 12.6 Å². The van der Waals surface area contributed by atoms with Gasteiger partial charge in [-0.25, -0.2) is 0 Å². The van der Waals surface area contributed by atoms with Crippen LogP contribution in [0.3, 0.4) is 0 Å². The highest BCUT2D eigenvalue weighted by atomic mass is 16.3. The van der Waals surface area contributed by atoms with Gasteiger partial charge in [-0.1, -0.05) is 42.5 Å². The Hall–Kier alpha value is -1.80. The van der Waals surface area contributed by atoms with Crippen LogP contribution in [-0.4, -0.2) is 29.1 Å². The van der Waals surface area contributed by atoms with E-state index in [2.05, 4.69) is 41.3 Å². The lowest BCUT2D eigenvalue weighted by atomic mass is 9.75. The summed E-state index contributed by atoms with van der Waals surface area (Å²) in [5, 5.41) is 9.89. The molecule has 1 heterocycles. The van der Waals surface area contributed by atoms with Gasteiger partial charge in [0.05, 0.1) is 0 Å². The third-order valence-electron chi connectivity index (χ3n) is 6.19. The van der Waals surface area contributed by atoms with E-state index in [4.69, 9.17) is 0 Å². The molecule has 0 radical (unpaired) electrons. The summed E-state index contributed by atoms with van der Waals surface area (Å²) in [6.45, 7) is 2.39. The quantitative estimate of drug-likeness (QED) is 0.895. The van der Waals surface area contributed by atoms with Crippen LogP contribution in [0.5, 0.6) is 5.75 Å². The van der Waals surface area contributed by atoms with E-state index in [0.717, 1.165) is 6.42 Å². The SMILES string of the molecule is Oc1cccc(C23CCCN(CCc4ccccc4)C(CC2)C3)c1. The van der Waals surface area contributed by atoms with Crippen molar-refractivity contribution >= 4 is 0 Å². The lowest BCUT2D eigenvalue weighted by Gasteiger charge is -2.29. The Kier molecular flexibility index (Phi) is 4.32. The van der Waals surface area contributed by atoms with E-state index >= 15 is 0 Å². The van der Waals surface area contributed by atoms with Gasteiger partial charge >= 0.3 is 0 Å². The number of fused-ring (bicyclic) bond motifs is 2. The van der Waals surface area contributed by atoms with Crippen LogP contribution in [-0.2, 0) is 11.8 Å². The number of rotatable bonds is 4. The average molecular weight is 321 g/mol. The van der Waals surface area contributed by atoms with Gasteiger partial charge in [0.25, 0.3) is 0 Å². The Bertz CT molecular complexity index is 683. The smallest absolute Gasteiger partial charge is 0.115 e. The molecule has 2 aromatic carbocycles. The number of phenolic OH excluding ortho intramolecular Hbond substituents is 1. The molecule has 1 saturated carbocycles. The van der Waals surface area contributed by atoms with E-state index in [1.54, 1.807) is 6.07 Å². The van der Waals surface area contributed by atoms with E-state index in [0.29, 0.717) is 17.2 Å². The van der Waals surface area contributed by atoms with Crippen molar-refractivity contribution in [2.45, 2.75) is 50.0 Å². The molecule has 2 nitrogen and oxygen atoms in total. The summed E-state index contributed by atoms with van der Waals surface area (Å²) in [5.74, 6) is 0.413. The molecule has 2 unspecified atom stereocenters. The van der Waals surface area contributed by atoms with Crippen LogP contribution in [0.25, 0.3) is 0 Å². The van der Waals surface area contributed by atoms with Gasteiger partial charge in [-0.15, -0.1) is 0 Å². The lowest BCUT2D eigenvalue weighted by Crippen LogP contribution is -2.35. The fourth-order valence-corrected chi connectivity index (χ4v) is 4.89. The lowest BCUT2D eigenvalue weighted by molar-refractivity contribution is 0.206. The molecule has 1 saturated heterocycles. The Balaban J connectivity index is 1.47. The first-order valence-electron chi connectivity index (χ1n) is 9.33. The summed E-state index contributed by atoms with van der Waals surface area (Å²) in [6.07, 6.45) is 7.49. The molecule has 0 aromatic heterocycles. The summed E-state index contributed by atoms with van der Waals surface area (Å²) in [4.78, 5) is 2.73. The van der Waals surface area contributed by atoms with Gasteiger partial charge in [0.15, 0.2) is 0 Å². The number of benzene rings is 2. The predicted octanol–water partition coefficient (Wildman–Crippen LogP) is 4.52. The maximum absolute atomic E-state index is 9.89. The summed E-state index contributed by atoms with van der Waals surface area (Å²) in [6, 6.07) is 19.6. The van der Waals surface area contributed by atoms with Crippen LogP contribution < -0.4 is 0 Å². The van der Waals surface area contributed by atoms with Crippen LogP contribution in [0, 0.1) is 0 Å². The van der Waals surface area contributed by atoms with E-state index < -0.39 is 0 Å². The molecule has 1 aliphatic carbocycles.